The summed E-state index contributed by atoms with van der Waals surface area (Å²) in [6.07, 6.45) is 0. The van der Waals surface area contributed by atoms with Gasteiger partial charge in [-0.25, -0.2) is 4.98 Å². The summed E-state index contributed by atoms with van der Waals surface area (Å²) in [5.41, 5.74) is 3.47. The van der Waals surface area contributed by atoms with E-state index in [1.165, 1.54) is 0 Å². The summed E-state index contributed by atoms with van der Waals surface area (Å²) in [4.78, 5) is 4.69. The maximum Gasteiger partial charge on any atom is 0.163 e. The quantitative estimate of drug-likeness (QED) is 0.733. The standard InChI is InChI=1S/C19H17N3O3/c1-23-12-19-21-15-8-17-18(25-6-5-24-17)9-16(15)22(19)11-14-4-2-3-13(7-14)10-20/h2-4,7-9H,5-6,11-12H2,1H3. The number of nitriles is 1. The molecule has 0 aliphatic carbocycles. The van der Waals surface area contributed by atoms with Crippen molar-refractivity contribution < 1.29 is 14.2 Å². The van der Waals surface area contributed by atoms with Gasteiger partial charge in [-0.3, -0.25) is 0 Å². The molecule has 6 heteroatoms. The molecule has 0 saturated carbocycles. The molecule has 0 bridgehead atoms. The zero-order chi connectivity index (χ0) is 17.2. The van der Waals surface area contributed by atoms with Crippen molar-refractivity contribution in [3.05, 3.63) is 53.3 Å². The first-order valence-electron chi connectivity index (χ1n) is 8.05. The molecule has 25 heavy (non-hydrogen) atoms. The van der Waals surface area contributed by atoms with Crippen LogP contribution in [-0.2, 0) is 17.9 Å². The Bertz CT molecular complexity index is 972. The van der Waals surface area contributed by atoms with E-state index in [4.69, 9.17) is 19.5 Å². The molecule has 0 fully saturated rings. The van der Waals surface area contributed by atoms with Gasteiger partial charge < -0.3 is 18.8 Å². The van der Waals surface area contributed by atoms with Crippen LogP contribution in [0.25, 0.3) is 11.0 Å². The van der Waals surface area contributed by atoms with Crippen LogP contribution in [0.5, 0.6) is 11.5 Å². The van der Waals surface area contributed by atoms with Crippen LogP contribution in [0.3, 0.4) is 0 Å². The maximum atomic E-state index is 9.11. The molecule has 0 radical (unpaired) electrons. The van der Waals surface area contributed by atoms with E-state index in [-0.39, 0.29) is 0 Å². The number of imidazole rings is 1. The molecule has 2 heterocycles. The average Bonchev–Trinajstić information content (AvgIpc) is 2.97. The van der Waals surface area contributed by atoms with E-state index in [9.17, 15) is 0 Å². The van der Waals surface area contributed by atoms with Crippen LogP contribution in [0.4, 0.5) is 0 Å². The van der Waals surface area contributed by atoms with E-state index < -0.39 is 0 Å². The molecule has 2 aromatic carbocycles. The molecule has 0 saturated heterocycles. The fraction of sp³-hybridized carbons (Fsp3) is 0.263. The average molecular weight is 335 g/mol. The first kappa shape index (κ1) is 15.5. The van der Waals surface area contributed by atoms with Gasteiger partial charge in [0.25, 0.3) is 0 Å². The van der Waals surface area contributed by atoms with Gasteiger partial charge in [-0.05, 0) is 17.7 Å². The number of ether oxygens (including phenoxy) is 3. The highest BCUT2D eigenvalue weighted by atomic mass is 16.6. The van der Waals surface area contributed by atoms with Gasteiger partial charge >= 0.3 is 0 Å². The maximum absolute atomic E-state index is 9.11. The van der Waals surface area contributed by atoms with E-state index in [2.05, 4.69) is 15.6 Å². The minimum absolute atomic E-state index is 0.402. The molecule has 0 N–H and O–H groups in total. The summed E-state index contributed by atoms with van der Waals surface area (Å²) in [6.45, 7) is 2.09. The first-order chi connectivity index (χ1) is 12.3. The molecule has 126 valence electrons. The van der Waals surface area contributed by atoms with Crippen LogP contribution >= 0.6 is 0 Å². The van der Waals surface area contributed by atoms with Crippen molar-refractivity contribution in [2.24, 2.45) is 0 Å². The van der Waals surface area contributed by atoms with Gasteiger partial charge in [0, 0.05) is 25.8 Å². The highest BCUT2D eigenvalue weighted by Crippen LogP contribution is 2.35. The molecule has 3 aromatic rings. The third-order valence-corrected chi connectivity index (χ3v) is 4.16. The summed E-state index contributed by atoms with van der Waals surface area (Å²) < 4.78 is 18.7. The van der Waals surface area contributed by atoms with Crippen molar-refractivity contribution in [3.63, 3.8) is 0 Å². The molecular weight excluding hydrogens is 318 g/mol. The van der Waals surface area contributed by atoms with Crippen LogP contribution in [0.1, 0.15) is 17.0 Å². The second-order valence-corrected chi connectivity index (χ2v) is 5.84. The molecule has 1 aromatic heterocycles. The summed E-state index contributed by atoms with van der Waals surface area (Å²) in [5.74, 6) is 2.27. The van der Waals surface area contributed by atoms with E-state index in [0.29, 0.717) is 31.9 Å². The predicted octanol–water partition coefficient (Wildman–Crippen LogP) is 2.87. The second-order valence-electron chi connectivity index (χ2n) is 5.84. The Kier molecular flexibility index (Phi) is 4.00. The summed E-state index contributed by atoms with van der Waals surface area (Å²) in [6, 6.07) is 13.6. The van der Waals surface area contributed by atoms with Crippen molar-refractivity contribution in [1.82, 2.24) is 9.55 Å². The van der Waals surface area contributed by atoms with Crippen molar-refractivity contribution in [1.29, 1.82) is 5.26 Å². The summed E-state index contributed by atoms with van der Waals surface area (Å²) in [7, 11) is 1.65. The van der Waals surface area contributed by atoms with E-state index in [1.54, 1.807) is 13.2 Å². The Morgan fingerprint density at radius 1 is 1.20 bits per heavy atom. The van der Waals surface area contributed by atoms with Gasteiger partial charge in [0.2, 0.25) is 0 Å². The highest BCUT2D eigenvalue weighted by Gasteiger charge is 2.18. The lowest BCUT2D eigenvalue weighted by atomic mass is 10.1. The third-order valence-electron chi connectivity index (χ3n) is 4.16. The number of aromatic nitrogens is 2. The third kappa shape index (κ3) is 2.90. The van der Waals surface area contributed by atoms with Crippen molar-refractivity contribution in [3.8, 4) is 17.6 Å². The monoisotopic (exact) mass is 335 g/mol. The van der Waals surface area contributed by atoms with Crippen molar-refractivity contribution in [2.45, 2.75) is 13.2 Å². The lowest BCUT2D eigenvalue weighted by Gasteiger charge is -2.18. The van der Waals surface area contributed by atoms with Gasteiger partial charge in [-0.15, -0.1) is 0 Å². The second kappa shape index (κ2) is 6.46. The van der Waals surface area contributed by atoms with Crippen molar-refractivity contribution in [2.75, 3.05) is 20.3 Å². The number of fused-ring (bicyclic) bond motifs is 2. The molecule has 0 spiro atoms. The topological polar surface area (TPSA) is 69.3 Å². The Balaban J connectivity index is 1.82. The van der Waals surface area contributed by atoms with Crippen LogP contribution < -0.4 is 9.47 Å². The molecule has 0 atom stereocenters. The van der Waals surface area contributed by atoms with Gasteiger partial charge in [-0.1, -0.05) is 12.1 Å². The van der Waals surface area contributed by atoms with Gasteiger partial charge in [0.15, 0.2) is 11.5 Å². The van der Waals surface area contributed by atoms with E-state index in [0.717, 1.165) is 33.9 Å². The molecule has 1 aliphatic heterocycles. The lowest BCUT2D eigenvalue weighted by molar-refractivity contribution is 0.172. The molecule has 0 amide bonds. The predicted molar refractivity (Wildman–Crippen MR) is 91.7 cm³/mol. The molecule has 0 unspecified atom stereocenters. The zero-order valence-corrected chi connectivity index (χ0v) is 13.9. The Morgan fingerprint density at radius 3 is 2.76 bits per heavy atom. The van der Waals surface area contributed by atoms with Crippen LogP contribution in [-0.4, -0.2) is 29.9 Å². The SMILES string of the molecule is COCc1nc2cc3c(cc2n1Cc1cccc(C#N)c1)OCCO3. The summed E-state index contributed by atoms with van der Waals surface area (Å²) in [5, 5.41) is 9.11. The van der Waals surface area contributed by atoms with E-state index in [1.807, 2.05) is 30.3 Å². The first-order valence-corrected chi connectivity index (χ1v) is 8.05. The largest absolute Gasteiger partial charge is 0.486 e. The number of rotatable bonds is 4. The minimum atomic E-state index is 0.402. The zero-order valence-electron chi connectivity index (χ0n) is 13.9. The van der Waals surface area contributed by atoms with Gasteiger partial charge in [0.05, 0.1) is 22.7 Å². The normalized spacial score (nSPS) is 13.0. The molecule has 6 nitrogen and oxygen atoms in total. The fourth-order valence-corrected chi connectivity index (χ4v) is 3.05. The highest BCUT2D eigenvalue weighted by molar-refractivity contribution is 5.81. The van der Waals surface area contributed by atoms with Gasteiger partial charge in [-0.2, -0.15) is 5.26 Å². The van der Waals surface area contributed by atoms with Crippen LogP contribution in [0.15, 0.2) is 36.4 Å². The Morgan fingerprint density at radius 2 is 2.00 bits per heavy atom. The molecule has 4 rings (SSSR count). The number of methoxy groups -OCH3 is 1. The minimum Gasteiger partial charge on any atom is -0.486 e. The fourth-order valence-electron chi connectivity index (χ4n) is 3.05. The number of hydrogen-bond donors (Lipinski definition) is 0. The smallest absolute Gasteiger partial charge is 0.163 e. The number of nitrogens with zero attached hydrogens (tertiary/aromatic N) is 3. The van der Waals surface area contributed by atoms with Gasteiger partial charge in [0.1, 0.15) is 25.6 Å². The van der Waals surface area contributed by atoms with Crippen LogP contribution in [0.2, 0.25) is 0 Å². The lowest BCUT2D eigenvalue weighted by Crippen LogP contribution is -2.15. The summed E-state index contributed by atoms with van der Waals surface area (Å²) >= 11 is 0. The van der Waals surface area contributed by atoms with Crippen molar-refractivity contribution >= 4 is 11.0 Å². The molecular formula is C19H17N3O3. The number of benzene rings is 2. The Labute approximate surface area is 145 Å². The number of hydrogen-bond acceptors (Lipinski definition) is 5. The van der Waals surface area contributed by atoms with Crippen LogP contribution in [0, 0.1) is 11.3 Å². The van der Waals surface area contributed by atoms with E-state index >= 15 is 0 Å². The molecule has 1 aliphatic rings. The Hall–Kier alpha value is -3.04.